The number of carbonyl (C=O) groups is 2. The van der Waals surface area contributed by atoms with Gasteiger partial charge in [0.25, 0.3) is 5.91 Å². The van der Waals surface area contributed by atoms with Gasteiger partial charge < -0.3 is 14.6 Å². The van der Waals surface area contributed by atoms with Gasteiger partial charge in [-0.3, -0.25) is 14.5 Å². The Balaban J connectivity index is 1.38. The Morgan fingerprint density at radius 2 is 1.71 bits per heavy atom. The van der Waals surface area contributed by atoms with Crippen LogP contribution in [0.1, 0.15) is 54.3 Å². The van der Waals surface area contributed by atoms with Gasteiger partial charge in [-0.05, 0) is 63.0 Å². The van der Waals surface area contributed by atoms with Gasteiger partial charge in [-0.1, -0.05) is 18.6 Å². The topological polar surface area (TPSA) is 65.8 Å². The molecule has 31 heavy (non-hydrogen) atoms. The maximum Gasteiger partial charge on any atom is 0.252 e. The summed E-state index contributed by atoms with van der Waals surface area (Å²) in [5.41, 5.74) is 0.624. The molecule has 2 amide bonds. The van der Waals surface area contributed by atoms with E-state index in [1.54, 1.807) is 6.26 Å². The summed E-state index contributed by atoms with van der Waals surface area (Å²) in [5, 5.41) is 3.12. The molecule has 1 aromatic heterocycles. The number of likely N-dealkylation sites (tertiary alicyclic amines) is 2. The molecular weight excluding hydrogens is 410 g/mol. The zero-order valence-corrected chi connectivity index (χ0v) is 18.7. The quantitative estimate of drug-likeness (QED) is 0.629. The van der Waals surface area contributed by atoms with E-state index in [0.717, 1.165) is 49.7 Å². The van der Waals surface area contributed by atoms with Crippen LogP contribution in [-0.2, 0) is 4.79 Å². The molecule has 2 saturated heterocycles. The summed E-state index contributed by atoms with van der Waals surface area (Å²) in [6.45, 7) is 4.25. The van der Waals surface area contributed by atoms with Crippen LogP contribution < -0.4 is 5.32 Å². The van der Waals surface area contributed by atoms with Crippen molar-refractivity contribution in [1.29, 1.82) is 0 Å². The zero-order chi connectivity index (χ0) is 21.5. The largest absolute Gasteiger partial charge is 0.468 e. The van der Waals surface area contributed by atoms with Crippen molar-refractivity contribution in [2.24, 2.45) is 0 Å². The van der Waals surface area contributed by atoms with Crippen molar-refractivity contribution >= 4 is 23.6 Å². The fraction of sp³-hybridized carbons (Fsp3) is 0.500. The molecule has 2 fully saturated rings. The number of piperidine rings is 1. The molecule has 166 valence electrons. The summed E-state index contributed by atoms with van der Waals surface area (Å²) < 4.78 is 5.69. The number of hydrogen-bond acceptors (Lipinski definition) is 5. The van der Waals surface area contributed by atoms with Crippen molar-refractivity contribution in [3.8, 4) is 0 Å². The zero-order valence-electron chi connectivity index (χ0n) is 17.9. The number of carbonyl (C=O) groups excluding carboxylic acids is 2. The first kappa shape index (κ1) is 22.0. The highest BCUT2D eigenvalue weighted by molar-refractivity contribution is 8.00. The van der Waals surface area contributed by atoms with Gasteiger partial charge in [0, 0.05) is 24.5 Å². The van der Waals surface area contributed by atoms with E-state index in [1.165, 1.54) is 31.0 Å². The SMILES string of the molecule is O=C(NCC(c1ccco1)N1CCCCC1)c1ccccc1SCC(=O)N1CCCC1. The van der Waals surface area contributed by atoms with Crippen molar-refractivity contribution in [2.75, 3.05) is 38.5 Å². The minimum absolute atomic E-state index is 0.0378. The maximum absolute atomic E-state index is 13.1. The lowest BCUT2D eigenvalue weighted by Crippen LogP contribution is -2.40. The summed E-state index contributed by atoms with van der Waals surface area (Å²) in [7, 11) is 0. The molecule has 7 heteroatoms. The van der Waals surface area contributed by atoms with Crippen molar-refractivity contribution in [3.05, 3.63) is 54.0 Å². The molecule has 3 heterocycles. The van der Waals surface area contributed by atoms with Crippen molar-refractivity contribution in [1.82, 2.24) is 15.1 Å². The molecule has 1 aromatic carbocycles. The molecule has 6 nitrogen and oxygen atoms in total. The second kappa shape index (κ2) is 10.9. The summed E-state index contributed by atoms with van der Waals surface area (Å²) in [6.07, 6.45) is 7.48. The van der Waals surface area contributed by atoms with Crippen molar-refractivity contribution in [2.45, 2.75) is 43.0 Å². The van der Waals surface area contributed by atoms with Crippen LogP contribution in [0.3, 0.4) is 0 Å². The average molecular weight is 442 g/mol. The second-order valence-electron chi connectivity index (χ2n) is 8.21. The summed E-state index contributed by atoms with van der Waals surface area (Å²) in [5.74, 6) is 1.31. The molecule has 0 spiro atoms. The highest BCUT2D eigenvalue weighted by Gasteiger charge is 2.25. The van der Waals surface area contributed by atoms with Crippen LogP contribution in [0.15, 0.2) is 52.0 Å². The molecule has 0 radical (unpaired) electrons. The monoisotopic (exact) mass is 441 g/mol. The summed E-state index contributed by atoms with van der Waals surface area (Å²) in [6, 6.07) is 11.5. The molecule has 1 unspecified atom stereocenters. The van der Waals surface area contributed by atoms with E-state index in [-0.39, 0.29) is 17.9 Å². The number of furan rings is 1. The first-order valence-electron chi connectivity index (χ1n) is 11.3. The van der Waals surface area contributed by atoms with Crippen LogP contribution in [0.25, 0.3) is 0 Å². The normalized spacial score (nSPS) is 18.1. The number of hydrogen-bond donors (Lipinski definition) is 1. The Kier molecular flexibility index (Phi) is 7.70. The average Bonchev–Trinajstić information content (AvgIpc) is 3.53. The van der Waals surface area contributed by atoms with Gasteiger partial charge in [-0.25, -0.2) is 0 Å². The van der Waals surface area contributed by atoms with Crippen LogP contribution in [0.5, 0.6) is 0 Å². The van der Waals surface area contributed by atoms with Gasteiger partial charge in [0.1, 0.15) is 5.76 Å². The van der Waals surface area contributed by atoms with Crippen LogP contribution >= 0.6 is 11.8 Å². The Morgan fingerprint density at radius 3 is 2.45 bits per heavy atom. The number of amides is 2. The number of nitrogens with one attached hydrogen (secondary N) is 1. The Morgan fingerprint density at radius 1 is 0.968 bits per heavy atom. The minimum Gasteiger partial charge on any atom is -0.468 e. The van der Waals surface area contributed by atoms with Gasteiger partial charge in [-0.15, -0.1) is 11.8 Å². The number of nitrogens with zero attached hydrogens (tertiary/aromatic N) is 2. The van der Waals surface area contributed by atoms with E-state index >= 15 is 0 Å². The molecular formula is C24H31N3O3S. The van der Waals surface area contributed by atoms with E-state index in [1.807, 2.05) is 41.3 Å². The lowest BCUT2D eigenvalue weighted by molar-refractivity contribution is -0.127. The highest BCUT2D eigenvalue weighted by Crippen LogP contribution is 2.26. The lowest BCUT2D eigenvalue weighted by Gasteiger charge is -2.33. The van der Waals surface area contributed by atoms with Crippen LogP contribution in [0, 0.1) is 0 Å². The molecule has 2 aliphatic heterocycles. The van der Waals surface area contributed by atoms with E-state index in [4.69, 9.17) is 4.42 Å². The molecule has 0 aliphatic carbocycles. The third-order valence-electron chi connectivity index (χ3n) is 6.10. The number of thioether (sulfide) groups is 1. The Hall–Kier alpha value is -2.25. The fourth-order valence-electron chi connectivity index (χ4n) is 4.38. The maximum atomic E-state index is 13.1. The molecule has 2 aromatic rings. The van der Waals surface area contributed by atoms with E-state index in [0.29, 0.717) is 17.9 Å². The predicted octanol–water partition coefficient (Wildman–Crippen LogP) is 3.95. The second-order valence-corrected chi connectivity index (χ2v) is 9.23. The fourth-order valence-corrected chi connectivity index (χ4v) is 5.34. The van der Waals surface area contributed by atoms with E-state index in [2.05, 4.69) is 10.2 Å². The van der Waals surface area contributed by atoms with Gasteiger partial charge in [0.15, 0.2) is 0 Å². The first-order chi connectivity index (χ1) is 15.2. The van der Waals surface area contributed by atoms with Crippen LogP contribution in [-0.4, -0.2) is 60.1 Å². The van der Waals surface area contributed by atoms with Gasteiger partial charge in [0.2, 0.25) is 5.91 Å². The predicted molar refractivity (Wildman–Crippen MR) is 122 cm³/mol. The van der Waals surface area contributed by atoms with Gasteiger partial charge in [-0.2, -0.15) is 0 Å². The third-order valence-corrected chi connectivity index (χ3v) is 7.16. The highest BCUT2D eigenvalue weighted by atomic mass is 32.2. The minimum atomic E-state index is -0.106. The lowest BCUT2D eigenvalue weighted by atomic mass is 10.1. The Labute approximate surface area is 188 Å². The number of rotatable bonds is 8. The Bertz CT molecular complexity index is 859. The molecule has 2 aliphatic rings. The molecule has 0 saturated carbocycles. The molecule has 1 atom stereocenters. The summed E-state index contributed by atoms with van der Waals surface area (Å²) >= 11 is 1.45. The molecule has 4 rings (SSSR count). The van der Waals surface area contributed by atoms with Crippen molar-refractivity contribution < 1.29 is 14.0 Å². The van der Waals surface area contributed by atoms with Gasteiger partial charge >= 0.3 is 0 Å². The summed E-state index contributed by atoms with van der Waals surface area (Å²) in [4.78, 5) is 30.6. The molecule has 0 bridgehead atoms. The smallest absolute Gasteiger partial charge is 0.252 e. The number of benzene rings is 1. The van der Waals surface area contributed by atoms with Crippen LogP contribution in [0.2, 0.25) is 0 Å². The third kappa shape index (κ3) is 5.71. The molecule has 1 N–H and O–H groups in total. The van der Waals surface area contributed by atoms with Crippen LogP contribution in [0.4, 0.5) is 0 Å². The van der Waals surface area contributed by atoms with E-state index in [9.17, 15) is 9.59 Å². The first-order valence-corrected chi connectivity index (χ1v) is 12.3. The van der Waals surface area contributed by atoms with Crippen molar-refractivity contribution in [3.63, 3.8) is 0 Å². The van der Waals surface area contributed by atoms with Gasteiger partial charge in [0.05, 0.1) is 23.6 Å². The van der Waals surface area contributed by atoms with E-state index < -0.39 is 0 Å². The standard InChI is InChI=1S/C24H31N3O3S/c28-23(27-14-6-7-15-27)18-31-22-11-3-2-9-19(22)24(29)25-17-20(21-10-8-16-30-21)26-12-4-1-5-13-26/h2-3,8-11,16,20H,1,4-7,12-15,17-18H2,(H,25,29).